The smallest absolute Gasteiger partial charge is 0.246 e. The predicted octanol–water partition coefficient (Wildman–Crippen LogP) is 1.42. The maximum atomic E-state index is 12.7. The van der Waals surface area contributed by atoms with Crippen LogP contribution < -0.4 is 5.32 Å². The van der Waals surface area contributed by atoms with E-state index >= 15 is 0 Å². The van der Waals surface area contributed by atoms with Gasteiger partial charge in [-0.1, -0.05) is 27.7 Å². The molecular formula is C15H28N2O3. The molecule has 0 aromatic rings. The Morgan fingerprint density at radius 2 is 1.80 bits per heavy atom. The molecule has 3 atom stereocenters. The van der Waals surface area contributed by atoms with E-state index in [1.807, 2.05) is 20.8 Å². The largest absolute Gasteiger partial charge is 0.383 e. The van der Waals surface area contributed by atoms with Crippen molar-refractivity contribution < 1.29 is 14.3 Å². The molecule has 0 spiro atoms. The van der Waals surface area contributed by atoms with Crippen molar-refractivity contribution in [1.29, 1.82) is 0 Å². The molecule has 1 saturated heterocycles. The van der Waals surface area contributed by atoms with Crippen LogP contribution in [0, 0.1) is 11.8 Å². The predicted molar refractivity (Wildman–Crippen MR) is 78.2 cm³/mol. The summed E-state index contributed by atoms with van der Waals surface area (Å²) in [5.41, 5.74) is 0. The average Bonchev–Trinajstić information content (AvgIpc) is 2.32. The molecule has 0 aliphatic carbocycles. The van der Waals surface area contributed by atoms with Crippen LogP contribution in [0.25, 0.3) is 0 Å². The van der Waals surface area contributed by atoms with Gasteiger partial charge in [0.05, 0.1) is 12.6 Å². The molecule has 0 bridgehead atoms. The molecular weight excluding hydrogens is 256 g/mol. The minimum absolute atomic E-state index is 0.00907. The molecule has 1 fully saturated rings. The van der Waals surface area contributed by atoms with Gasteiger partial charge in [-0.15, -0.1) is 0 Å². The fourth-order valence-electron chi connectivity index (χ4n) is 2.72. The van der Waals surface area contributed by atoms with Gasteiger partial charge in [-0.3, -0.25) is 9.59 Å². The van der Waals surface area contributed by atoms with Gasteiger partial charge in [-0.2, -0.15) is 0 Å². The van der Waals surface area contributed by atoms with Crippen molar-refractivity contribution in [2.75, 3.05) is 13.7 Å². The third kappa shape index (κ3) is 3.72. The van der Waals surface area contributed by atoms with Crippen molar-refractivity contribution in [2.45, 2.75) is 59.2 Å². The zero-order valence-electron chi connectivity index (χ0n) is 13.5. The third-order valence-corrected chi connectivity index (χ3v) is 3.70. The minimum Gasteiger partial charge on any atom is -0.383 e. The number of rotatable bonds is 6. The number of piperazine rings is 1. The summed E-state index contributed by atoms with van der Waals surface area (Å²) in [4.78, 5) is 26.8. The lowest BCUT2D eigenvalue weighted by Gasteiger charge is -2.43. The number of nitrogens with zero attached hydrogens (tertiary/aromatic N) is 1. The lowest BCUT2D eigenvalue weighted by atomic mass is 9.92. The zero-order chi connectivity index (χ0) is 15.4. The van der Waals surface area contributed by atoms with Crippen LogP contribution in [-0.4, -0.2) is 48.6 Å². The number of hydrogen-bond acceptors (Lipinski definition) is 3. The highest BCUT2D eigenvalue weighted by Gasteiger charge is 2.43. The maximum Gasteiger partial charge on any atom is 0.246 e. The van der Waals surface area contributed by atoms with Crippen LogP contribution in [0.15, 0.2) is 0 Å². The molecule has 0 aromatic heterocycles. The Hall–Kier alpha value is -1.10. The maximum absolute atomic E-state index is 12.7. The Bertz CT molecular complexity index is 355. The SMILES string of the molecule is COCC(C)N1C(=O)C(C(C)C)NC(=O)C1CC(C)C. The first-order chi connectivity index (χ1) is 9.29. The van der Waals surface area contributed by atoms with Crippen LogP contribution >= 0.6 is 0 Å². The van der Waals surface area contributed by atoms with Gasteiger partial charge in [0.25, 0.3) is 0 Å². The molecule has 5 heteroatoms. The second kappa shape index (κ2) is 7.07. The monoisotopic (exact) mass is 284 g/mol. The topological polar surface area (TPSA) is 58.6 Å². The molecule has 1 N–H and O–H groups in total. The molecule has 0 aromatic carbocycles. The minimum atomic E-state index is -0.426. The Morgan fingerprint density at radius 1 is 1.20 bits per heavy atom. The average molecular weight is 284 g/mol. The molecule has 116 valence electrons. The first-order valence-corrected chi connectivity index (χ1v) is 7.41. The van der Waals surface area contributed by atoms with Crippen molar-refractivity contribution in [3.8, 4) is 0 Å². The second-order valence-corrected chi connectivity index (χ2v) is 6.43. The van der Waals surface area contributed by atoms with E-state index < -0.39 is 6.04 Å². The highest BCUT2D eigenvalue weighted by Crippen LogP contribution is 2.22. The summed E-state index contributed by atoms with van der Waals surface area (Å²) >= 11 is 0. The van der Waals surface area contributed by atoms with Gasteiger partial charge < -0.3 is 15.0 Å². The number of methoxy groups -OCH3 is 1. The van der Waals surface area contributed by atoms with Crippen molar-refractivity contribution in [3.05, 3.63) is 0 Å². The fourth-order valence-corrected chi connectivity index (χ4v) is 2.72. The number of carbonyl (C=O) groups is 2. The molecule has 3 unspecified atom stereocenters. The quantitative estimate of drug-likeness (QED) is 0.802. The molecule has 1 rings (SSSR count). The van der Waals surface area contributed by atoms with Gasteiger partial charge in [0.1, 0.15) is 12.1 Å². The van der Waals surface area contributed by atoms with Crippen LogP contribution in [0.1, 0.15) is 41.0 Å². The first-order valence-electron chi connectivity index (χ1n) is 7.41. The fraction of sp³-hybridized carbons (Fsp3) is 0.867. The summed E-state index contributed by atoms with van der Waals surface area (Å²) in [6.45, 7) is 10.4. The van der Waals surface area contributed by atoms with E-state index in [0.717, 1.165) is 0 Å². The Labute approximate surface area is 122 Å². The van der Waals surface area contributed by atoms with Crippen LogP contribution in [-0.2, 0) is 14.3 Å². The molecule has 5 nitrogen and oxygen atoms in total. The highest BCUT2D eigenvalue weighted by molar-refractivity contribution is 5.97. The second-order valence-electron chi connectivity index (χ2n) is 6.43. The molecule has 1 heterocycles. The highest BCUT2D eigenvalue weighted by atomic mass is 16.5. The van der Waals surface area contributed by atoms with Crippen molar-refractivity contribution in [1.82, 2.24) is 10.2 Å². The van der Waals surface area contributed by atoms with Crippen molar-refractivity contribution >= 4 is 11.8 Å². The molecule has 1 aliphatic rings. The summed E-state index contributed by atoms with van der Waals surface area (Å²) in [6, 6.07) is -0.906. The van der Waals surface area contributed by atoms with E-state index in [1.165, 1.54) is 0 Å². The van der Waals surface area contributed by atoms with Crippen LogP contribution in [0.2, 0.25) is 0 Å². The van der Waals surface area contributed by atoms with Gasteiger partial charge in [-0.25, -0.2) is 0 Å². The van der Waals surface area contributed by atoms with Gasteiger partial charge in [0.2, 0.25) is 11.8 Å². The Morgan fingerprint density at radius 3 is 2.25 bits per heavy atom. The lowest BCUT2D eigenvalue weighted by molar-refractivity contribution is -0.155. The van der Waals surface area contributed by atoms with Crippen molar-refractivity contribution in [3.63, 3.8) is 0 Å². The van der Waals surface area contributed by atoms with E-state index in [4.69, 9.17) is 4.74 Å². The van der Waals surface area contributed by atoms with Gasteiger partial charge in [0.15, 0.2) is 0 Å². The molecule has 0 saturated carbocycles. The molecule has 2 amide bonds. The summed E-state index contributed by atoms with van der Waals surface area (Å²) in [6.07, 6.45) is 0.677. The van der Waals surface area contributed by atoms with Crippen LogP contribution in [0.4, 0.5) is 0 Å². The number of carbonyl (C=O) groups excluding carboxylic acids is 2. The van der Waals surface area contributed by atoms with Crippen molar-refractivity contribution in [2.24, 2.45) is 11.8 Å². The Balaban J connectivity index is 3.03. The standard InChI is InChI=1S/C15H28N2O3/c1-9(2)7-12-14(18)16-13(10(3)4)15(19)17(12)11(5)8-20-6/h9-13H,7-8H2,1-6H3,(H,16,18). The van der Waals surface area contributed by atoms with E-state index in [-0.39, 0.29) is 29.8 Å². The zero-order valence-corrected chi connectivity index (χ0v) is 13.5. The number of nitrogens with one attached hydrogen (secondary N) is 1. The first kappa shape index (κ1) is 17.0. The van der Waals surface area contributed by atoms with E-state index in [2.05, 4.69) is 19.2 Å². The van der Waals surface area contributed by atoms with Gasteiger partial charge in [-0.05, 0) is 25.2 Å². The Kier molecular flexibility index (Phi) is 5.99. The lowest BCUT2D eigenvalue weighted by Crippen LogP contribution is -2.67. The van der Waals surface area contributed by atoms with Gasteiger partial charge >= 0.3 is 0 Å². The summed E-state index contributed by atoms with van der Waals surface area (Å²) in [5.74, 6) is 0.407. The molecule has 0 radical (unpaired) electrons. The van der Waals surface area contributed by atoms with Crippen LogP contribution in [0.3, 0.4) is 0 Å². The summed E-state index contributed by atoms with van der Waals surface area (Å²) < 4.78 is 5.16. The third-order valence-electron chi connectivity index (χ3n) is 3.70. The normalized spacial score (nSPS) is 25.3. The molecule has 20 heavy (non-hydrogen) atoms. The summed E-state index contributed by atoms with van der Waals surface area (Å²) in [7, 11) is 1.61. The number of hydrogen-bond donors (Lipinski definition) is 1. The van der Waals surface area contributed by atoms with E-state index in [0.29, 0.717) is 18.9 Å². The van der Waals surface area contributed by atoms with E-state index in [9.17, 15) is 9.59 Å². The molecule has 1 aliphatic heterocycles. The van der Waals surface area contributed by atoms with Crippen LogP contribution in [0.5, 0.6) is 0 Å². The number of ether oxygens (including phenoxy) is 1. The van der Waals surface area contributed by atoms with Gasteiger partial charge in [0, 0.05) is 7.11 Å². The van der Waals surface area contributed by atoms with E-state index in [1.54, 1.807) is 12.0 Å². The number of amides is 2. The summed E-state index contributed by atoms with van der Waals surface area (Å²) in [5, 5.41) is 2.88.